The van der Waals surface area contributed by atoms with Gasteiger partial charge in [0, 0.05) is 19.0 Å². The molecule has 1 unspecified atom stereocenters. The molecule has 3 amide bonds. The minimum Gasteiger partial charge on any atom is -0.509 e. The molecule has 2 radical (unpaired) electrons. The van der Waals surface area contributed by atoms with Gasteiger partial charge in [-0.1, -0.05) is 35.8 Å². The van der Waals surface area contributed by atoms with E-state index in [1.54, 1.807) is 29.2 Å². The van der Waals surface area contributed by atoms with Crippen LogP contribution in [0.5, 0.6) is 5.75 Å². The minimum absolute atomic E-state index is 0.0355. The molecule has 0 fully saturated rings. The van der Waals surface area contributed by atoms with Gasteiger partial charge < -0.3 is 25.4 Å². The molecule has 2 heterocycles. The molecule has 156 valence electrons. The van der Waals surface area contributed by atoms with Crippen molar-refractivity contribution in [2.24, 2.45) is 0 Å². The van der Waals surface area contributed by atoms with Crippen LogP contribution < -0.4 is 21.0 Å². The Morgan fingerprint density at radius 3 is 2.77 bits per heavy atom. The molecule has 0 spiro atoms. The van der Waals surface area contributed by atoms with E-state index in [9.17, 15) is 19.5 Å². The van der Waals surface area contributed by atoms with Crippen LogP contribution >= 0.6 is 0 Å². The third-order valence-electron chi connectivity index (χ3n) is 5.34. The summed E-state index contributed by atoms with van der Waals surface area (Å²) in [7, 11) is 5.87. The largest absolute Gasteiger partial charge is 0.509 e. The molecule has 0 saturated heterocycles. The molecule has 4 rings (SSSR count). The highest BCUT2D eigenvalue weighted by molar-refractivity contribution is 6.34. The topological polar surface area (TPSA) is 108 Å². The molecule has 0 aromatic heterocycles. The van der Waals surface area contributed by atoms with Crippen molar-refractivity contribution in [2.75, 3.05) is 18.1 Å². The fourth-order valence-corrected chi connectivity index (χ4v) is 3.91. The Balaban J connectivity index is 1.77. The summed E-state index contributed by atoms with van der Waals surface area (Å²) >= 11 is 0. The normalized spacial score (nSPS) is 17.6. The number of carbonyl (C=O) groups is 3. The first kappa shape index (κ1) is 20.5. The molecular weight excluding hydrogens is 397 g/mol. The van der Waals surface area contributed by atoms with Crippen molar-refractivity contribution in [1.29, 1.82) is 0 Å². The number of hydrogen-bond acceptors (Lipinski definition) is 5. The zero-order valence-corrected chi connectivity index (χ0v) is 16.8. The zero-order valence-electron chi connectivity index (χ0n) is 16.8. The Morgan fingerprint density at radius 2 is 2.03 bits per heavy atom. The SMILES string of the molecule is [B]c1cc(C2NC(=O)NC3=C2CCN(C(=O)COC(C)=O)c2ccccc23)ccc1O. The highest BCUT2D eigenvalue weighted by atomic mass is 16.5. The quantitative estimate of drug-likeness (QED) is 0.515. The summed E-state index contributed by atoms with van der Waals surface area (Å²) < 4.78 is 4.90. The number of aromatic hydroxyl groups is 1. The van der Waals surface area contributed by atoms with E-state index in [1.165, 1.54) is 13.0 Å². The van der Waals surface area contributed by atoms with Crippen molar-refractivity contribution in [1.82, 2.24) is 10.6 Å². The standard InChI is InChI=1S/C22H20BN3O5/c1-12(27)31-11-19(29)26-9-8-15-20(13-6-7-18(28)16(23)10-13)24-22(30)25-21(15)14-4-2-3-5-17(14)26/h2-7,10,20,28H,8-9,11H2,1H3,(H2,24,25,30). The summed E-state index contributed by atoms with van der Waals surface area (Å²) in [6, 6.07) is 11.2. The number of nitrogens with one attached hydrogen (secondary N) is 2. The summed E-state index contributed by atoms with van der Waals surface area (Å²) in [5, 5.41) is 15.5. The lowest BCUT2D eigenvalue weighted by atomic mass is 9.86. The zero-order chi connectivity index (χ0) is 22.1. The van der Waals surface area contributed by atoms with Gasteiger partial charge in [-0.3, -0.25) is 9.59 Å². The van der Waals surface area contributed by atoms with Crippen LogP contribution in [0.2, 0.25) is 0 Å². The van der Waals surface area contributed by atoms with Crippen LogP contribution in [-0.2, 0) is 14.3 Å². The number of hydrogen-bond donors (Lipinski definition) is 3. The number of nitrogens with zero attached hydrogens (tertiary/aromatic N) is 1. The summed E-state index contributed by atoms with van der Waals surface area (Å²) in [5.41, 5.74) is 3.74. The van der Waals surface area contributed by atoms with Gasteiger partial charge >= 0.3 is 12.0 Å². The number of anilines is 1. The van der Waals surface area contributed by atoms with E-state index in [2.05, 4.69) is 10.6 Å². The number of benzene rings is 2. The van der Waals surface area contributed by atoms with Crippen molar-refractivity contribution in [2.45, 2.75) is 19.4 Å². The first-order chi connectivity index (χ1) is 14.8. The fourth-order valence-electron chi connectivity index (χ4n) is 3.91. The lowest BCUT2D eigenvalue weighted by Crippen LogP contribution is -2.43. The van der Waals surface area contributed by atoms with E-state index >= 15 is 0 Å². The van der Waals surface area contributed by atoms with Crippen molar-refractivity contribution < 1.29 is 24.2 Å². The lowest BCUT2D eigenvalue weighted by molar-refractivity contribution is -0.145. The van der Waals surface area contributed by atoms with Gasteiger partial charge in [-0.15, -0.1) is 0 Å². The third kappa shape index (κ3) is 3.99. The number of phenols is 1. The van der Waals surface area contributed by atoms with Crippen LogP contribution in [0.4, 0.5) is 10.5 Å². The van der Waals surface area contributed by atoms with Crippen LogP contribution in [0.15, 0.2) is 48.0 Å². The van der Waals surface area contributed by atoms with E-state index in [0.29, 0.717) is 29.9 Å². The molecule has 0 bridgehead atoms. The van der Waals surface area contributed by atoms with Gasteiger partial charge in [0.1, 0.15) is 13.6 Å². The maximum atomic E-state index is 12.8. The number of ether oxygens (including phenoxy) is 1. The van der Waals surface area contributed by atoms with Gasteiger partial charge in [0.15, 0.2) is 6.61 Å². The summed E-state index contributed by atoms with van der Waals surface area (Å²) in [6.07, 6.45) is 0.453. The molecule has 2 aromatic carbocycles. The van der Waals surface area contributed by atoms with Gasteiger partial charge in [0.25, 0.3) is 5.91 Å². The molecule has 2 aromatic rings. The molecule has 2 aliphatic heterocycles. The molecule has 0 saturated carbocycles. The smallest absolute Gasteiger partial charge is 0.320 e. The summed E-state index contributed by atoms with van der Waals surface area (Å²) in [4.78, 5) is 38.0. The Bertz CT molecular complexity index is 1110. The maximum absolute atomic E-state index is 12.8. The van der Waals surface area contributed by atoms with Gasteiger partial charge in [-0.2, -0.15) is 0 Å². The molecule has 31 heavy (non-hydrogen) atoms. The molecular formula is C22H20BN3O5. The second-order valence-electron chi connectivity index (χ2n) is 7.34. The number of para-hydroxylation sites is 1. The number of carbonyl (C=O) groups excluding carboxylic acids is 3. The number of urea groups is 1. The van der Waals surface area contributed by atoms with Crippen LogP contribution in [0.3, 0.4) is 0 Å². The third-order valence-corrected chi connectivity index (χ3v) is 5.34. The van der Waals surface area contributed by atoms with Gasteiger partial charge in [-0.25, -0.2) is 4.79 Å². The van der Waals surface area contributed by atoms with Crippen molar-refractivity contribution in [3.63, 3.8) is 0 Å². The van der Waals surface area contributed by atoms with Crippen LogP contribution in [0.1, 0.15) is 30.5 Å². The first-order valence-corrected chi connectivity index (χ1v) is 9.77. The molecule has 1 atom stereocenters. The van der Waals surface area contributed by atoms with Crippen LogP contribution in [0.25, 0.3) is 5.70 Å². The molecule has 0 aliphatic carbocycles. The number of rotatable bonds is 3. The predicted molar refractivity (Wildman–Crippen MR) is 115 cm³/mol. The monoisotopic (exact) mass is 417 g/mol. The highest BCUT2D eigenvalue weighted by Gasteiger charge is 2.34. The van der Waals surface area contributed by atoms with Crippen LogP contribution in [0, 0.1) is 0 Å². The Hall–Kier alpha value is -3.75. The fraction of sp³-hybridized carbons (Fsp3) is 0.227. The summed E-state index contributed by atoms with van der Waals surface area (Å²) in [6.45, 7) is 1.22. The minimum atomic E-state index is -0.532. The summed E-state index contributed by atoms with van der Waals surface area (Å²) in [5.74, 6) is -0.922. The average Bonchev–Trinajstić information content (AvgIpc) is 2.91. The van der Waals surface area contributed by atoms with E-state index < -0.39 is 12.0 Å². The predicted octanol–water partition coefficient (Wildman–Crippen LogP) is 1.25. The molecule has 2 aliphatic rings. The van der Waals surface area contributed by atoms with Crippen LogP contribution in [-0.4, -0.2) is 44.0 Å². The molecule has 9 heteroatoms. The number of fused-ring (bicyclic) bond motifs is 2. The number of amides is 3. The van der Waals surface area contributed by atoms with Crippen molar-refractivity contribution >= 4 is 42.6 Å². The Labute approximate surface area is 180 Å². The van der Waals surface area contributed by atoms with Crippen molar-refractivity contribution in [3.05, 3.63) is 59.2 Å². The lowest BCUT2D eigenvalue weighted by Gasteiger charge is -2.30. The van der Waals surface area contributed by atoms with E-state index in [4.69, 9.17) is 12.6 Å². The van der Waals surface area contributed by atoms with Crippen molar-refractivity contribution in [3.8, 4) is 5.75 Å². The number of phenolic OH excluding ortho intramolecular Hbond substituents is 1. The van der Waals surface area contributed by atoms with E-state index in [1.807, 2.05) is 12.1 Å². The van der Waals surface area contributed by atoms with Gasteiger partial charge in [0.2, 0.25) is 0 Å². The Kier molecular flexibility index (Phi) is 5.41. The van der Waals surface area contributed by atoms with E-state index in [0.717, 1.165) is 11.1 Å². The van der Waals surface area contributed by atoms with Gasteiger partial charge in [0.05, 0.1) is 17.4 Å². The molecule has 8 nitrogen and oxygen atoms in total. The maximum Gasteiger partial charge on any atom is 0.320 e. The first-order valence-electron chi connectivity index (χ1n) is 9.77. The molecule has 3 N–H and O–H groups in total. The Morgan fingerprint density at radius 1 is 1.26 bits per heavy atom. The number of esters is 1. The second-order valence-corrected chi connectivity index (χ2v) is 7.34. The van der Waals surface area contributed by atoms with E-state index in [-0.39, 0.29) is 29.8 Å². The highest BCUT2D eigenvalue weighted by Crippen LogP contribution is 2.39. The average molecular weight is 417 g/mol. The second kappa shape index (κ2) is 8.18. The van der Waals surface area contributed by atoms with Gasteiger partial charge in [-0.05, 0) is 29.7 Å².